The lowest BCUT2D eigenvalue weighted by molar-refractivity contribution is 0.290. The van der Waals surface area contributed by atoms with Gasteiger partial charge in [-0.2, -0.15) is 0 Å². The fourth-order valence-electron chi connectivity index (χ4n) is 2.60. The van der Waals surface area contributed by atoms with Gasteiger partial charge in [-0.05, 0) is 29.3 Å². The van der Waals surface area contributed by atoms with Crippen LogP contribution in [0.1, 0.15) is 16.7 Å². The molecule has 0 fully saturated rings. The van der Waals surface area contributed by atoms with E-state index in [0.717, 1.165) is 16.7 Å². The first-order valence-electron chi connectivity index (χ1n) is 9.04. The van der Waals surface area contributed by atoms with Crippen LogP contribution in [0.5, 0.6) is 5.88 Å². The summed E-state index contributed by atoms with van der Waals surface area (Å²) in [5, 5.41) is 6.46. The Balaban J connectivity index is 0.00000300. The molecule has 0 radical (unpaired) electrons. The van der Waals surface area contributed by atoms with Crippen molar-refractivity contribution in [2.45, 2.75) is 19.7 Å². The number of rotatable bonds is 7. The van der Waals surface area contributed by atoms with Gasteiger partial charge in [-0.15, -0.1) is 24.0 Å². The van der Waals surface area contributed by atoms with E-state index < -0.39 is 0 Å². The first kappa shape index (κ1) is 22.6. The zero-order chi connectivity index (χ0) is 19.6. The lowest BCUT2D eigenvalue weighted by Gasteiger charge is -2.14. The molecule has 2 N–H and O–H groups in total. The second-order valence-corrected chi connectivity index (χ2v) is 6.15. The molecule has 1 aromatic heterocycles. The van der Waals surface area contributed by atoms with Crippen LogP contribution in [-0.4, -0.2) is 18.0 Å². The molecule has 0 saturated carbocycles. The zero-order valence-corrected chi connectivity index (χ0v) is 18.5. The standard InChI is InChI=1S/C22H23FN4O.HI/c1-24-22(26-14-17-9-11-20(23)12-10-17)27-15-19-8-5-13-25-21(19)28-16-18-6-3-2-4-7-18;/h2-13H,14-16H2,1H3,(H2,24,26,27);1H. The van der Waals surface area contributed by atoms with E-state index in [0.29, 0.717) is 31.5 Å². The summed E-state index contributed by atoms with van der Waals surface area (Å²) in [7, 11) is 1.70. The van der Waals surface area contributed by atoms with E-state index in [2.05, 4.69) is 20.6 Å². The minimum Gasteiger partial charge on any atom is -0.473 e. The van der Waals surface area contributed by atoms with E-state index in [9.17, 15) is 4.39 Å². The van der Waals surface area contributed by atoms with Crippen LogP contribution >= 0.6 is 24.0 Å². The van der Waals surface area contributed by atoms with Gasteiger partial charge >= 0.3 is 0 Å². The summed E-state index contributed by atoms with van der Waals surface area (Å²) in [6.45, 7) is 1.52. The third-order valence-corrected chi connectivity index (χ3v) is 4.11. The van der Waals surface area contributed by atoms with Gasteiger partial charge in [-0.1, -0.05) is 48.5 Å². The Labute approximate surface area is 187 Å². The third-order valence-electron chi connectivity index (χ3n) is 4.11. The molecule has 0 aliphatic carbocycles. The second-order valence-electron chi connectivity index (χ2n) is 6.15. The normalized spacial score (nSPS) is 10.8. The van der Waals surface area contributed by atoms with Gasteiger partial charge in [0.1, 0.15) is 12.4 Å². The summed E-state index contributed by atoms with van der Waals surface area (Å²) in [6, 6.07) is 20.2. The van der Waals surface area contributed by atoms with Crippen molar-refractivity contribution in [3.05, 3.63) is 95.4 Å². The molecule has 29 heavy (non-hydrogen) atoms. The van der Waals surface area contributed by atoms with Crippen LogP contribution in [0.2, 0.25) is 0 Å². The van der Waals surface area contributed by atoms with Crippen molar-refractivity contribution in [1.82, 2.24) is 15.6 Å². The fourth-order valence-corrected chi connectivity index (χ4v) is 2.60. The Morgan fingerprint density at radius 3 is 2.38 bits per heavy atom. The summed E-state index contributed by atoms with van der Waals surface area (Å²) in [4.78, 5) is 8.56. The maximum absolute atomic E-state index is 13.0. The van der Waals surface area contributed by atoms with Crippen LogP contribution in [0, 0.1) is 5.82 Å². The topological polar surface area (TPSA) is 58.5 Å². The van der Waals surface area contributed by atoms with Crippen LogP contribution in [0.15, 0.2) is 77.9 Å². The van der Waals surface area contributed by atoms with Gasteiger partial charge in [-0.3, -0.25) is 4.99 Å². The number of ether oxygens (including phenoxy) is 1. The van der Waals surface area contributed by atoms with Crippen molar-refractivity contribution in [3.63, 3.8) is 0 Å². The van der Waals surface area contributed by atoms with Gasteiger partial charge in [0.15, 0.2) is 5.96 Å². The van der Waals surface area contributed by atoms with Gasteiger partial charge in [0.25, 0.3) is 0 Å². The number of hydrogen-bond acceptors (Lipinski definition) is 3. The van der Waals surface area contributed by atoms with Crippen molar-refractivity contribution >= 4 is 29.9 Å². The van der Waals surface area contributed by atoms with Crippen LogP contribution in [0.4, 0.5) is 4.39 Å². The number of benzene rings is 2. The molecule has 0 saturated heterocycles. The van der Waals surface area contributed by atoms with Crippen LogP contribution < -0.4 is 15.4 Å². The van der Waals surface area contributed by atoms with Crippen LogP contribution in [-0.2, 0) is 19.7 Å². The molecule has 3 aromatic rings. The number of nitrogens with zero attached hydrogens (tertiary/aromatic N) is 2. The Morgan fingerprint density at radius 2 is 1.66 bits per heavy atom. The van der Waals surface area contributed by atoms with Gasteiger partial charge < -0.3 is 15.4 Å². The molecule has 7 heteroatoms. The molecule has 0 atom stereocenters. The predicted molar refractivity (Wildman–Crippen MR) is 124 cm³/mol. The Morgan fingerprint density at radius 1 is 0.931 bits per heavy atom. The minimum absolute atomic E-state index is 0. The van der Waals surface area contributed by atoms with Crippen LogP contribution in [0.3, 0.4) is 0 Å². The highest BCUT2D eigenvalue weighted by Crippen LogP contribution is 2.16. The SMILES string of the molecule is CN=C(NCc1ccc(F)cc1)NCc1cccnc1OCc1ccccc1.I. The largest absolute Gasteiger partial charge is 0.473 e. The summed E-state index contributed by atoms with van der Waals surface area (Å²) in [5.74, 6) is 0.987. The average Bonchev–Trinajstić information content (AvgIpc) is 2.75. The number of halogens is 2. The third kappa shape index (κ3) is 7.34. The first-order chi connectivity index (χ1) is 13.7. The Hall–Kier alpha value is -2.68. The molecule has 0 bridgehead atoms. The number of nitrogens with one attached hydrogen (secondary N) is 2. The molecule has 152 valence electrons. The van der Waals surface area contributed by atoms with Crippen molar-refractivity contribution in [2.75, 3.05) is 7.05 Å². The Bertz CT molecular complexity index is 904. The number of aromatic nitrogens is 1. The molecule has 0 amide bonds. The van der Waals surface area contributed by atoms with Gasteiger partial charge in [-0.25, -0.2) is 9.37 Å². The van der Waals surface area contributed by atoms with Gasteiger partial charge in [0.05, 0.1) is 0 Å². The van der Waals surface area contributed by atoms with E-state index in [-0.39, 0.29) is 29.8 Å². The van der Waals surface area contributed by atoms with Crippen LogP contribution in [0.25, 0.3) is 0 Å². The highest BCUT2D eigenvalue weighted by atomic mass is 127. The second kappa shape index (κ2) is 12.0. The van der Waals surface area contributed by atoms with Crippen molar-refractivity contribution in [3.8, 4) is 5.88 Å². The summed E-state index contributed by atoms with van der Waals surface area (Å²) in [6.07, 6.45) is 1.71. The number of hydrogen-bond donors (Lipinski definition) is 2. The first-order valence-corrected chi connectivity index (χ1v) is 9.04. The number of aliphatic imine (C=N–C) groups is 1. The molecule has 0 aliphatic rings. The lowest BCUT2D eigenvalue weighted by atomic mass is 10.2. The molecule has 0 spiro atoms. The maximum atomic E-state index is 13.0. The number of guanidine groups is 1. The zero-order valence-electron chi connectivity index (χ0n) is 16.1. The van der Waals surface area contributed by atoms with Crippen molar-refractivity contribution in [1.29, 1.82) is 0 Å². The maximum Gasteiger partial charge on any atom is 0.218 e. The molecule has 0 aliphatic heterocycles. The highest BCUT2D eigenvalue weighted by molar-refractivity contribution is 14.0. The molecular weight excluding hydrogens is 482 g/mol. The molecule has 2 aromatic carbocycles. The van der Waals surface area contributed by atoms with E-state index >= 15 is 0 Å². The molecule has 0 unspecified atom stereocenters. The molecule has 5 nitrogen and oxygen atoms in total. The average molecular weight is 506 g/mol. The van der Waals surface area contributed by atoms with E-state index in [1.807, 2.05) is 42.5 Å². The quantitative estimate of drug-likeness (QED) is 0.286. The van der Waals surface area contributed by atoms with Gasteiger partial charge in [0, 0.05) is 31.9 Å². The van der Waals surface area contributed by atoms with E-state index in [4.69, 9.17) is 4.74 Å². The summed E-state index contributed by atoms with van der Waals surface area (Å²) in [5.41, 5.74) is 2.99. The molecule has 1 heterocycles. The highest BCUT2D eigenvalue weighted by Gasteiger charge is 2.07. The molecule has 3 rings (SSSR count). The molecular formula is C22H24FIN4O. The minimum atomic E-state index is -0.245. The van der Waals surface area contributed by atoms with Gasteiger partial charge in [0.2, 0.25) is 5.88 Å². The number of pyridine rings is 1. The van der Waals surface area contributed by atoms with E-state index in [1.54, 1.807) is 25.4 Å². The summed E-state index contributed by atoms with van der Waals surface area (Å²) >= 11 is 0. The van der Waals surface area contributed by atoms with Crippen molar-refractivity contribution < 1.29 is 9.13 Å². The monoisotopic (exact) mass is 506 g/mol. The fraction of sp³-hybridized carbons (Fsp3) is 0.182. The smallest absolute Gasteiger partial charge is 0.218 e. The van der Waals surface area contributed by atoms with E-state index in [1.165, 1.54) is 12.1 Å². The Kier molecular flexibility index (Phi) is 9.36. The predicted octanol–water partition coefficient (Wildman–Crippen LogP) is 4.28. The summed E-state index contributed by atoms with van der Waals surface area (Å²) < 4.78 is 18.9. The van der Waals surface area contributed by atoms with Crippen molar-refractivity contribution in [2.24, 2.45) is 4.99 Å². The lowest BCUT2D eigenvalue weighted by Crippen LogP contribution is -2.36.